The third-order valence-electron chi connectivity index (χ3n) is 1.96. The Morgan fingerprint density at radius 3 is 2.40 bits per heavy atom. The van der Waals surface area contributed by atoms with E-state index in [2.05, 4.69) is 15.4 Å². The molecule has 0 aromatic heterocycles. The van der Waals surface area contributed by atoms with Crippen LogP contribution < -0.4 is 5.73 Å². The van der Waals surface area contributed by atoms with E-state index in [1.807, 2.05) is 13.8 Å². The average Bonchev–Trinajstić information content (AvgIpc) is 2.19. The molecule has 0 saturated carbocycles. The van der Waals surface area contributed by atoms with Gasteiger partial charge >= 0.3 is 10.1 Å². The van der Waals surface area contributed by atoms with E-state index < -0.39 is 10.1 Å². The normalized spacial score (nSPS) is 11.2. The molecule has 2 N–H and O–H groups in total. The summed E-state index contributed by atoms with van der Waals surface area (Å²) in [7, 11) is -3.69. The van der Waals surface area contributed by atoms with Gasteiger partial charge in [0.25, 0.3) is 0 Å². The van der Waals surface area contributed by atoms with Crippen molar-refractivity contribution in [1.29, 1.82) is 0 Å². The first kappa shape index (κ1) is 14.4. The van der Waals surface area contributed by atoms with E-state index in [1.54, 1.807) is 0 Å². The molecule has 0 atom stereocenters. The van der Waals surface area contributed by atoms with Gasteiger partial charge in [0.15, 0.2) is 0 Å². The van der Waals surface area contributed by atoms with Crippen LogP contribution in [0.5, 0.6) is 0 Å². The topological polar surface area (TPSA) is 69.4 Å². The Labute approximate surface area is 92.3 Å². The van der Waals surface area contributed by atoms with Gasteiger partial charge in [0.1, 0.15) is 0 Å². The average molecular weight is 233 g/mol. The quantitative estimate of drug-likeness (QED) is 0.423. The standard InChI is InChI=1S/C10H19NO3S/c1-3-10(4-2)6-9-15(12,13)14-8-5-7-11/h10H,3-5,7-8,11H2,1-2H3. The molecule has 5 heteroatoms. The lowest BCUT2D eigenvalue weighted by molar-refractivity contribution is 0.321. The first-order chi connectivity index (χ1) is 7.05. The van der Waals surface area contributed by atoms with Gasteiger partial charge < -0.3 is 5.73 Å². The molecule has 0 aliphatic heterocycles. The molecule has 0 spiro atoms. The molecule has 0 heterocycles. The van der Waals surface area contributed by atoms with Crippen LogP contribution in [0.4, 0.5) is 0 Å². The second kappa shape index (κ2) is 7.69. The third-order valence-corrected chi connectivity index (χ3v) is 2.81. The highest BCUT2D eigenvalue weighted by molar-refractivity contribution is 7.91. The number of nitrogens with two attached hydrogens (primary N) is 1. The van der Waals surface area contributed by atoms with E-state index in [0.29, 0.717) is 13.0 Å². The Hall–Kier alpha value is -0.570. The molecule has 0 amide bonds. The zero-order valence-corrected chi connectivity index (χ0v) is 10.1. The van der Waals surface area contributed by atoms with Gasteiger partial charge in [0, 0.05) is 5.92 Å². The molecule has 0 rings (SSSR count). The van der Waals surface area contributed by atoms with Crippen molar-refractivity contribution in [3.8, 4) is 11.2 Å². The third kappa shape index (κ3) is 7.37. The van der Waals surface area contributed by atoms with Crippen LogP contribution >= 0.6 is 0 Å². The summed E-state index contributed by atoms with van der Waals surface area (Å²) in [5.74, 6) is 2.82. The van der Waals surface area contributed by atoms with E-state index in [4.69, 9.17) is 5.73 Å². The smallest absolute Gasteiger partial charge is 0.330 e. The summed E-state index contributed by atoms with van der Waals surface area (Å²) in [6.07, 6.45) is 2.22. The largest absolute Gasteiger partial charge is 0.337 e. The second-order valence-corrected chi connectivity index (χ2v) is 4.53. The van der Waals surface area contributed by atoms with Crippen molar-refractivity contribution < 1.29 is 12.6 Å². The Morgan fingerprint density at radius 2 is 1.93 bits per heavy atom. The molecule has 0 saturated heterocycles. The van der Waals surface area contributed by atoms with Crippen LogP contribution in [-0.4, -0.2) is 21.6 Å². The van der Waals surface area contributed by atoms with Gasteiger partial charge in [-0.05, 0) is 25.8 Å². The Kier molecular flexibility index (Phi) is 7.39. The zero-order valence-electron chi connectivity index (χ0n) is 9.32. The highest BCUT2D eigenvalue weighted by Gasteiger charge is 2.06. The highest BCUT2D eigenvalue weighted by Crippen LogP contribution is 2.05. The minimum absolute atomic E-state index is 0.108. The van der Waals surface area contributed by atoms with Gasteiger partial charge in [-0.1, -0.05) is 19.8 Å². The predicted molar refractivity (Wildman–Crippen MR) is 60.4 cm³/mol. The lowest BCUT2D eigenvalue weighted by Crippen LogP contribution is -2.09. The molecule has 0 fully saturated rings. The molecule has 88 valence electrons. The summed E-state index contributed by atoms with van der Waals surface area (Å²) in [5.41, 5.74) is 5.21. The van der Waals surface area contributed by atoms with Crippen molar-refractivity contribution in [3.63, 3.8) is 0 Å². The highest BCUT2D eigenvalue weighted by atomic mass is 32.2. The maximum Gasteiger partial charge on any atom is 0.337 e. The van der Waals surface area contributed by atoms with E-state index >= 15 is 0 Å². The summed E-state index contributed by atoms with van der Waals surface area (Å²) in [6, 6.07) is 0. The van der Waals surface area contributed by atoms with E-state index in [0.717, 1.165) is 12.8 Å². The molecule has 4 nitrogen and oxygen atoms in total. The summed E-state index contributed by atoms with van der Waals surface area (Å²) in [4.78, 5) is 0. The van der Waals surface area contributed by atoms with Gasteiger partial charge in [-0.2, -0.15) is 8.42 Å². The fraction of sp³-hybridized carbons (Fsp3) is 0.800. The van der Waals surface area contributed by atoms with Crippen molar-refractivity contribution in [2.24, 2.45) is 11.7 Å². The molecular formula is C10H19NO3S. The minimum atomic E-state index is -3.69. The van der Waals surface area contributed by atoms with Crippen molar-refractivity contribution in [1.82, 2.24) is 0 Å². The first-order valence-corrected chi connectivity index (χ1v) is 6.58. The van der Waals surface area contributed by atoms with Crippen LogP contribution in [0.15, 0.2) is 0 Å². The molecule has 0 unspecified atom stereocenters. The van der Waals surface area contributed by atoms with E-state index in [-0.39, 0.29) is 12.5 Å². The summed E-state index contributed by atoms with van der Waals surface area (Å²) in [5, 5.41) is 2.18. The van der Waals surface area contributed by atoms with Crippen molar-refractivity contribution in [2.45, 2.75) is 33.1 Å². The van der Waals surface area contributed by atoms with Crippen LogP contribution in [0.3, 0.4) is 0 Å². The summed E-state index contributed by atoms with van der Waals surface area (Å²) >= 11 is 0. The first-order valence-electron chi connectivity index (χ1n) is 5.17. The molecule has 0 radical (unpaired) electrons. The molecule has 0 bridgehead atoms. The summed E-state index contributed by atoms with van der Waals surface area (Å²) < 4.78 is 27.0. The Bertz CT molecular complexity index is 309. The van der Waals surface area contributed by atoms with Crippen LogP contribution in [0.25, 0.3) is 0 Å². The lowest BCUT2D eigenvalue weighted by Gasteiger charge is -2.01. The maximum atomic E-state index is 11.2. The van der Waals surface area contributed by atoms with Gasteiger partial charge in [0.2, 0.25) is 0 Å². The maximum absolute atomic E-state index is 11.2. The molecule has 0 aromatic rings. The second-order valence-electron chi connectivity index (χ2n) is 3.18. The van der Waals surface area contributed by atoms with Crippen LogP contribution in [0.2, 0.25) is 0 Å². The van der Waals surface area contributed by atoms with Gasteiger partial charge in [-0.3, -0.25) is 4.18 Å². The van der Waals surface area contributed by atoms with Gasteiger partial charge in [0.05, 0.1) is 11.9 Å². The summed E-state index contributed by atoms with van der Waals surface area (Å²) in [6.45, 7) is 4.47. The SMILES string of the molecule is CCC(C#CS(=O)(=O)OCCCN)CC. The Balaban J connectivity index is 4.23. The molecule has 15 heavy (non-hydrogen) atoms. The predicted octanol–water partition coefficient (Wildman–Crippen LogP) is 1.08. The van der Waals surface area contributed by atoms with E-state index in [1.165, 1.54) is 0 Å². The monoisotopic (exact) mass is 233 g/mol. The number of hydrogen-bond donors (Lipinski definition) is 1. The van der Waals surface area contributed by atoms with Crippen LogP contribution in [-0.2, 0) is 14.3 Å². The van der Waals surface area contributed by atoms with Gasteiger partial charge in [-0.25, -0.2) is 0 Å². The molecule has 0 aliphatic rings. The van der Waals surface area contributed by atoms with Crippen molar-refractivity contribution in [2.75, 3.05) is 13.2 Å². The van der Waals surface area contributed by atoms with E-state index in [9.17, 15) is 8.42 Å². The molecular weight excluding hydrogens is 214 g/mol. The minimum Gasteiger partial charge on any atom is -0.330 e. The molecule has 0 aromatic carbocycles. The number of hydrogen-bond acceptors (Lipinski definition) is 4. The number of rotatable bonds is 6. The van der Waals surface area contributed by atoms with Gasteiger partial charge in [-0.15, -0.1) is 0 Å². The van der Waals surface area contributed by atoms with Crippen LogP contribution in [0, 0.1) is 17.1 Å². The molecule has 0 aliphatic carbocycles. The lowest BCUT2D eigenvalue weighted by atomic mass is 10.1. The fourth-order valence-corrected chi connectivity index (χ4v) is 1.64. The fourth-order valence-electron chi connectivity index (χ4n) is 0.930. The zero-order chi connectivity index (χ0) is 11.7. The van der Waals surface area contributed by atoms with Crippen molar-refractivity contribution >= 4 is 10.1 Å². The van der Waals surface area contributed by atoms with Crippen molar-refractivity contribution in [3.05, 3.63) is 0 Å². The Morgan fingerprint density at radius 1 is 1.33 bits per heavy atom. The van der Waals surface area contributed by atoms with Crippen LogP contribution in [0.1, 0.15) is 33.1 Å².